The van der Waals surface area contributed by atoms with Gasteiger partial charge in [0, 0.05) is 18.0 Å². The number of benzene rings is 1. The second-order valence-electron chi connectivity index (χ2n) is 7.57. The van der Waals surface area contributed by atoms with E-state index in [4.69, 9.17) is 4.74 Å². The third kappa shape index (κ3) is 4.67. The van der Waals surface area contributed by atoms with Gasteiger partial charge < -0.3 is 9.84 Å². The number of aliphatic carboxylic acids is 1. The van der Waals surface area contributed by atoms with Crippen molar-refractivity contribution >= 4 is 15.8 Å². The van der Waals surface area contributed by atoms with Crippen LogP contribution in [0.4, 0.5) is 0 Å². The van der Waals surface area contributed by atoms with E-state index in [1.54, 1.807) is 13.0 Å². The molecule has 30 heavy (non-hydrogen) atoms. The van der Waals surface area contributed by atoms with Crippen LogP contribution in [0.2, 0.25) is 0 Å². The van der Waals surface area contributed by atoms with E-state index in [1.165, 1.54) is 49.8 Å². The van der Waals surface area contributed by atoms with Crippen molar-refractivity contribution in [1.82, 2.24) is 4.98 Å². The second-order valence-corrected chi connectivity index (χ2v) is 9.69. The minimum absolute atomic E-state index is 0.0487. The summed E-state index contributed by atoms with van der Waals surface area (Å²) in [5.41, 5.74) is 0.175. The summed E-state index contributed by atoms with van der Waals surface area (Å²) in [5, 5.41) is 10.4. The second kappa shape index (κ2) is 10.6. The molecular formula is C23H31NO5S. The molecule has 0 aliphatic heterocycles. The fourth-order valence-corrected chi connectivity index (χ4v) is 6.11. The maximum atomic E-state index is 13.8. The molecule has 0 bridgehead atoms. The molecule has 164 valence electrons. The van der Waals surface area contributed by atoms with Gasteiger partial charge >= 0.3 is 5.97 Å². The number of carboxylic acid groups (broad SMARTS) is 1. The zero-order chi connectivity index (χ0) is 22.2. The highest BCUT2D eigenvalue weighted by atomic mass is 32.2. The summed E-state index contributed by atoms with van der Waals surface area (Å²) < 4.78 is 30.6. The minimum atomic E-state index is -4.28. The van der Waals surface area contributed by atoms with Crippen LogP contribution >= 0.6 is 0 Å². The van der Waals surface area contributed by atoms with E-state index in [2.05, 4.69) is 11.9 Å². The van der Waals surface area contributed by atoms with Crippen molar-refractivity contribution in [2.75, 3.05) is 7.11 Å². The first-order chi connectivity index (χ1) is 14.3. The van der Waals surface area contributed by atoms with Crippen LogP contribution in [-0.2, 0) is 19.4 Å². The number of rotatable bonds is 12. The number of methoxy groups -OCH3 is 1. The minimum Gasteiger partial charge on any atom is -0.497 e. The number of hydrogen-bond acceptors (Lipinski definition) is 5. The van der Waals surface area contributed by atoms with E-state index in [1.807, 2.05) is 0 Å². The predicted octanol–water partition coefficient (Wildman–Crippen LogP) is 4.84. The van der Waals surface area contributed by atoms with Crippen molar-refractivity contribution in [3.05, 3.63) is 54.4 Å². The van der Waals surface area contributed by atoms with Crippen LogP contribution in [0.15, 0.2) is 53.7 Å². The van der Waals surface area contributed by atoms with Gasteiger partial charge in [-0.2, -0.15) is 0 Å². The number of hydrogen-bond donors (Lipinski definition) is 1. The highest BCUT2D eigenvalue weighted by molar-refractivity contribution is 7.93. The van der Waals surface area contributed by atoms with Gasteiger partial charge in [-0.15, -0.1) is 0 Å². The summed E-state index contributed by atoms with van der Waals surface area (Å²) in [5.74, 6) is -1.53. The third-order valence-corrected chi connectivity index (χ3v) is 8.19. The summed E-state index contributed by atoms with van der Waals surface area (Å²) in [6.07, 6.45) is 8.34. The van der Waals surface area contributed by atoms with E-state index in [9.17, 15) is 18.3 Å². The number of nitrogens with zero attached hydrogens (tertiary/aromatic N) is 1. The third-order valence-electron chi connectivity index (χ3n) is 5.64. The zero-order valence-electron chi connectivity index (χ0n) is 17.9. The maximum absolute atomic E-state index is 13.8. The highest BCUT2D eigenvalue weighted by Crippen LogP contribution is 2.44. The average Bonchev–Trinajstić information content (AvgIpc) is 2.74. The first-order valence-corrected chi connectivity index (χ1v) is 11.8. The predicted molar refractivity (Wildman–Crippen MR) is 116 cm³/mol. The lowest BCUT2D eigenvalue weighted by Crippen LogP contribution is -2.49. The fourth-order valence-electron chi connectivity index (χ4n) is 3.93. The molecule has 1 aromatic heterocycles. The maximum Gasteiger partial charge on any atom is 0.330 e. The Balaban J connectivity index is 2.55. The standard InChI is InChI=1S/C23H31NO5S/c1-4-5-6-7-8-10-18(2)23(22(25)26,19-11-9-16-24-17-19)30(27,28)21-14-12-20(29-3)13-15-21/h9,11-18H,4-8,10H2,1-3H3,(H,25,26). The molecule has 0 fully saturated rings. The van der Waals surface area contributed by atoms with Gasteiger partial charge in [0.1, 0.15) is 5.75 Å². The molecule has 2 rings (SSSR count). The van der Waals surface area contributed by atoms with Crippen LogP contribution in [0.3, 0.4) is 0 Å². The number of carboxylic acids is 1. The number of ether oxygens (including phenoxy) is 1. The number of carbonyl (C=O) groups is 1. The molecule has 0 aliphatic rings. The van der Waals surface area contributed by atoms with Crippen molar-refractivity contribution in [1.29, 1.82) is 0 Å². The first kappa shape index (κ1) is 23.9. The number of aromatic nitrogens is 1. The molecule has 0 amide bonds. The largest absolute Gasteiger partial charge is 0.497 e. The Hall–Kier alpha value is -2.41. The summed E-state index contributed by atoms with van der Waals surface area (Å²) in [6, 6.07) is 8.96. The Morgan fingerprint density at radius 1 is 1.13 bits per heavy atom. The van der Waals surface area contributed by atoms with Crippen molar-refractivity contribution in [2.24, 2.45) is 5.92 Å². The van der Waals surface area contributed by atoms with Gasteiger partial charge in [-0.1, -0.05) is 52.0 Å². The summed E-state index contributed by atoms with van der Waals surface area (Å²) >= 11 is 0. The highest BCUT2D eigenvalue weighted by Gasteiger charge is 2.57. The molecule has 0 saturated heterocycles. The van der Waals surface area contributed by atoms with Crippen LogP contribution in [0.25, 0.3) is 0 Å². The lowest BCUT2D eigenvalue weighted by molar-refractivity contribution is -0.142. The molecule has 2 aromatic rings. The Kier molecular flexibility index (Phi) is 8.41. The topological polar surface area (TPSA) is 93.6 Å². The van der Waals surface area contributed by atoms with Gasteiger partial charge in [-0.25, -0.2) is 8.42 Å². The molecule has 1 heterocycles. The molecule has 0 radical (unpaired) electrons. The molecule has 7 heteroatoms. The summed E-state index contributed by atoms with van der Waals surface area (Å²) in [4.78, 5) is 16.7. The zero-order valence-corrected chi connectivity index (χ0v) is 18.7. The van der Waals surface area contributed by atoms with Crippen LogP contribution in [-0.4, -0.2) is 31.6 Å². The average molecular weight is 434 g/mol. The van der Waals surface area contributed by atoms with Crippen molar-refractivity contribution in [3.63, 3.8) is 0 Å². The Labute approximate surface area is 179 Å². The van der Waals surface area contributed by atoms with Gasteiger partial charge in [0.2, 0.25) is 4.75 Å². The quantitative estimate of drug-likeness (QED) is 0.481. The SMILES string of the molecule is CCCCCCCC(C)C(C(=O)O)(c1cccnc1)S(=O)(=O)c1ccc(OC)cc1. The number of pyridine rings is 1. The molecule has 1 aromatic carbocycles. The molecule has 6 nitrogen and oxygen atoms in total. The lowest BCUT2D eigenvalue weighted by atomic mass is 9.83. The van der Waals surface area contributed by atoms with Crippen LogP contribution in [0.5, 0.6) is 5.75 Å². The van der Waals surface area contributed by atoms with Gasteiger partial charge in [-0.3, -0.25) is 9.78 Å². The Morgan fingerprint density at radius 2 is 1.80 bits per heavy atom. The van der Waals surface area contributed by atoms with E-state index in [-0.39, 0.29) is 10.5 Å². The molecule has 1 N–H and O–H groups in total. The van der Waals surface area contributed by atoms with Crippen LogP contribution < -0.4 is 4.74 Å². The normalized spacial score (nSPS) is 14.6. The summed E-state index contributed by atoms with van der Waals surface area (Å²) in [6.45, 7) is 3.84. The van der Waals surface area contributed by atoms with Crippen LogP contribution in [0, 0.1) is 5.92 Å². The number of unbranched alkanes of at least 4 members (excludes halogenated alkanes) is 4. The van der Waals surface area contributed by atoms with Gasteiger partial charge in [0.05, 0.1) is 12.0 Å². The molecule has 0 saturated carbocycles. The molecule has 0 aliphatic carbocycles. The molecular weight excluding hydrogens is 402 g/mol. The van der Waals surface area contributed by atoms with E-state index in [0.29, 0.717) is 12.2 Å². The number of sulfone groups is 1. The van der Waals surface area contributed by atoms with Gasteiger partial charge in [-0.05, 0) is 42.7 Å². The van der Waals surface area contributed by atoms with E-state index in [0.717, 1.165) is 32.1 Å². The van der Waals surface area contributed by atoms with Crippen molar-refractivity contribution < 1.29 is 23.1 Å². The Bertz CT molecular complexity index is 912. The smallest absolute Gasteiger partial charge is 0.330 e. The molecule has 2 unspecified atom stereocenters. The Morgan fingerprint density at radius 3 is 2.33 bits per heavy atom. The summed E-state index contributed by atoms with van der Waals surface area (Å²) in [7, 11) is -2.79. The first-order valence-electron chi connectivity index (χ1n) is 10.3. The molecule has 2 atom stereocenters. The van der Waals surface area contributed by atoms with E-state index < -0.39 is 26.5 Å². The van der Waals surface area contributed by atoms with E-state index >= 15 is 0 Å². The van der Waals surface area contributed by atoms with Gasteiger partial charge in [0.15, 0.2) is 9.84 Å². The van der Waals surface area contributed by atoms with Crippen LogP contribution in [0.1, 0.15) is 57.9 Å². The monoisotopic (exact) mass is 433 g/mol. The van der Waals surface area contributed by atoms with Gasteiger partial charge in [0.25, 0.3) is 0 Å². The fraction of sp³-hybridized carbons (Fsp3) is 0.478. The lowest BCUT2D eigenvalue weighted by Gasteiger charge is -2.35. The van der Waals surface area contributed by atoms with Crippen molar-refractivity contribution in [2.45, 2.75) is 62.0 Å². The van der Waals surface area contributed by atoms with Crippen molar-refractivity contribution in [3.8, 4) is 5.75 Å². The molecule has 0 spiro atoms.